The molecule has 1 atom stereocenters. The summed E-state index contributed by atoms with van der Waals surface area (Å²) in [4.78, 5) is 11.1. The molecule has 20 heavy (non-hydrogen) atoms. The first-order valence-electron chi connectivity index (χ1n) is 7.46. The van der Waals surface area contributed by atoms with E-state index in [2.05, 4.69) is 47.9 Å². The van der Waals surface area contributed by atoms with E-state index in [1.54, 1.807) is 13.4 Å². The summed E-state index contributed by atoms with van der Waals surface area (Å²) in [5.41, 5.74) is 1.11. The van der Waals surface area contributed by atoms with Gasteiger partial charge in [0, 0.05) is 31.8 Å². The minimum atomic E-state index is 0.428. The fourth-order valence-corrected chi connectivity index (χ4v) is 2.10. The van der Waals surface area contributed by atoms with Gasteiger partial charge in [-0.25, -0.2) is 9.97 Å². The molecule has 0 saturated heterocycles. The minimum Gasteiger partial charge on any atom is -0.383 e. The summed E-state index contributed by atoms with van der Waals surface area (Å²) in [5, 5.41) is 3.36. The van der Waals surface area contributed by atoms with Gasteiger partial charge in [-0.2, -0.15) is 0 Å². The van der Waals surface area contributed by atoms with Crippen molar-refractivity contribution < 1.29 is 4.74 Å². The van der Waals surface area contributed by atoms with Gasteiger partial charge in [0.25, 0.3) is 0 Å². The van der Waals surface area contributed by atoms with Gasteiger partial charge in [0.1, 0.15) is 18.0 Å². The average Bonchev–Trinajstić information content (AvgIpc) is 2.47. The van der Waals surface area contributed by atoms with Crippen LogP contribution in [0.1, 0.15) is 39.2 Å². The van der Waals surface area contributed by atoms with E-state index in [-0.39, 0.29) is 0 Å². The van der Waals surface area contributed by atoms with Crippen molar-refractivity contribution in [2.24, 2.45) is 0 Å². The fourth-order valence-electron chi connectivity index (χ4n) is 2.10. The van der Waals surface area contributed by atoms with Crippen molar-refractivity contribution >= 4 is 11.6 Å². The van der Waals surface area contributed by atoms with Crippen LogP contribution in [0.5, 0.6) is 0 Å². The standard InChI is InChI=1S/C15H28N4O/c1-6-8-16-14-13(4)15(18-11-17-14)19(9-10-20-5)12(3)7-2/h11-12H,6-10H2,1-5H3,(H,16,17,18). The quantitative estimate of drug-likeness (QED) is 0.754. The van der Waals surface area contributed by atoms with E-state index in [9.17, 15) is 0 Å². The molecule has 0 aliphatic heterocycles. The first-order valence-corrected chi connectivity index (χ1v) is 7.46. The van der Waals surface area contributed by atoms with Gasteiger partial charge in [0.05, 0.1) is 6.61 Å². The summed E-state index contributed by atoms with van der Waals surface area (Å²) < 4.78 is 5.22. The number of nitrogens with one attached hydrogen (secondary N) is 1. The molecule has 0 spiro atoms. The molecule has 1 N–H and O–H groups in total. The lowest BCUT2D eigenvalue weighted by atomic mass is 10.2. The average molecular weight is 280 g/mol. The highest BCUT2D eigenvalue weighted by atomic mass is 16.5. The molecule has 1 aromatic rings. The summed E-state index contributed by atoms with van der Waals surface area (Å²) in [6.45, 7) is 11.1. The number of ether oxygens (including phenoxy) is 1. The maximum atomic E-state index is 5.22. The normalized spacial score (nSPS) is 12.2. The maximum absolute atomic E-state index is 5.22. The van der Waals surface area contributed by atoms with Crippen molar-refractivity contribution in [3.05, 3.63) is 11.9 Å². The molecule has 1 rings (SSSR count). The monoisotopic (exact) mass is 280 g/mol. The highest BCUT2D eigenvalue weighted by Crippen LogP contribution is 2.24. The second-order valence-electron chi connectivity index (χ2n) is 5.04. The lowest BCUT2D eigenvalue weighted by molar-refractivity contribution is 0.203. The van der Waals surface area contributed by atoms with Crippen molar-refractivity contribution in [3.8, 4) is 0 Å². The Morgan fingerprint density at radius 2 is 2.10 bits per heavy atom. The van der Waals surface area contributed by atoms with Gasteiger partial charge in [0.15, 0.2) is 0 Å². The Balaban J connectivity index is 2.99. The van der Waals surface area contributed by atoms with Crippen LogP contribution in [-0.4, -0.2) is 42.8 Å². The van der Waals surface area contributed by atoms with Crippen LogP contribution in [-0.2, 0) is 4.74 Å². The smallest absolute Gasteiger partial charge is 0.137 e. The Bertz CT molecular complexity index is 397. The summed E-state index contributed by atoms with van der Waals surface area (Å²) in [6, 6.07) is 0.428. The van der Waals surface area contributed by atoms with Crippen molar-refractivity contribution in [1.29, 1.82) is 0 Å². The van der Waals surface area contributed by atoms with Gasteiger partial charge in [-0.15, -0.1) is 0 Å². The molecule has 1 unspecified atom stereocenters. The van der Waals surface area contributed by atoms with Crippen LogP contribution in [0.2, 0.25) is 0 Å². The lowest BCUT2D eigenvalue weighted by Crippen LogP contribution is -2.36. The van der Waals surface area contributed by atoms with Crippen LogP contribution in [0.25, 0.3) is 0 Å². The van der Waals surface area contributed by atoms with E-state index in [4.69, 9.17) is 4.74 Å². The highest BCUT2D eigenvalue weighted by Gasteiger charge is 2.18. The molecule has 5 heteroatoms. The number of methoxy groups -OCH3 is 1. The van der Waals surface area contributed by atoms with Crippen molar-refractivity contribution in [2.45, 2.75) is 46.6 Å². The van der Waals surface area contributed by atoms with Gasteiger partial charge in [-0.05, 0) is 26.7 Å². The van der Waals surface area contributed by atoms with Crippen LogP contribution >= 0.6 is 0 Å². The van der Waals surface area contributed by atoms with Crippen molar-refractivity contribution in [3.63, 3.8) is 0 Å². The molecule has 0 fully saturated rings. The number of aromatic nitrogens is 2. The Morgan fingerprint density at radius 3 is 2.70 bits per heavy atom. The summed E-state index contributed by atoms with van der Waals surface area (Å²) in [6.07, 6.45) is 3.80. The van der Waals surface area contributed by atoms with Gasteiger partial charge in [-0.3, -0.25) is 0 Å². The Kier molecular flexibility index (Phi) is 7.30. The Labute approximate surface area is 122 Å². The molecular formula is C15H28N4O. The third kappa shape index (κ3) is 4.34. The van der Waals surface area contributed by atoms with Gasteiger partial charge >= 0.3 is 0 Å². The van der Waals surface area contributed by atoms with E-state index >= 15 is 0 Å². The first-order chi connectivity index (χ1) is 9.65. The first kappa shape index (κ1) is 16.7. The molecule has 1 aromatic heterocycles. The molecule has 114 valence electrons. The zero-order chi connectivity index (χ0) is 15.0. The van der Waals surface area contributed by atoms with Crippen molar-refractivity contribution in [2.75, 3.05) is 37.0 Å². The van der Waals surface area contributed by atoms with E-state index in [1.165, 1.54) is 0 Å². The van der Waals surface area contributed by atoms with Gasteiger partial charge in [-0.1, -0.05) is 13.8 Å². The number of hydrogen-bond acceptors (Lipinski definition) is 5. The highest BCUT2D eigenvalue weighted by molar-refractivity contribution is 5.58. The largest absolute Gasteiger partial charge is 0.383 e. The molecule has 0 bridgehead atoms. The van der Waals surface area contributed by atoms with Crippen LogP contribution in [0.3, 0.4) is 0 Å². The number of rotatable bonds is 9. The van der Waals surface area contributed by atoms with E-state index in [0.717, 1.165) is 43.1 Å². The SMILES string of the molecule is CCCNc1ncnc(N(CCOC)C(C)CC)c1C. The molecule has 1 heterocycles. The molecule has 0 saturated carbocycles. The topological polar surface area (TPSA) is 50.3 Å². The van der Waals surface area contributed by atoms with Crippen molar-refractivity contribution in [1.82, 2.24) is 9.97 Å². The van der Waals surface area contributed by atoms with Crippen LogP contribution in [0.4, 0.5) is 11.6 Å². The van der Waals surface area contributed by atoms with Gasteiger partial charge < -0.3 is 15.0 Å². The van der Waals surface area contributed by atoms with E-state index in [1.807, 2.05) is 0 Å². The summed E-state index contributed by atoms with van der Waals surface area (Å²) >= 11 is 0. The maximum Gasteiger partial charge on any atom is 0.137 e. The molecule has 0 aliphatic carbocycles. The third-order valence-corrected chi connectivity index (χ3v) is 3.53. The molecule has 5 nitrogen and oxygen atoms in total. The number of hydrogen-bond donors (Lipinski definition) is 1. The zero-order valence-electron chi connectivity index (χ0n) is 13.4. The molecule has 0 radical (unpaired) electrons. The van der Waals surface area contributed by atoms with Crippen LogP contribution in [0, 0.1) is 6.92 Å². The predicted molar refractivity (Wildman–Crippen MR) is 84.5 cm³/mol. The van der Waals surface area contributed by atoms with Gasteiger partial charge in [0.2, 0.25) is 0 Å². The second kappa shape index (κ2) is 8.74. The Hall–Kier alpha value is -1.36. The third-order valence-electron chi connectivity index (χ3n) is 3.53. The van der Waals surface area contributed by atoms with E-state index < -0.39 is 0 Å². The van der Waals surface area contributed by atoms with Crippen LogP contribution in [0.15, 0.2) is 6.33 Å². The number of anilines is 2. The zero-order valence-corrected chi connectivity index (χ0v) is 13.4. The summed E-state index contributed by atoms with van der Waals surface area (Å²) in [7, 11) is 1.73. The molecule has 0 aliphatic rings. The summed E-state index contributed by atoms with van der Waals surface area (Å²) in [5.74, 6) is 1.94. The van der Waals surface area contributed by atoms with E-state index in [0.29, 0.717) is 12.6 Å². The minimum absolute atomic E-state index is 0.428. The number of nitrogens with zero attached hydrogens (tertiary/aromatic N) is 3. The van der Waals surface area contributed by atoms with Crippen LogP contribution < -0.4 is 10.2 Å². The molecule has 0 amide bonds. The lowest BCUT2D eigenvalue weighted by Gasteiger charge is -2.31. The fraction of sp³-hybridized carbons (Fsp3) is 0.733. The molecular weight excluding hydrogens is 252 g/mol. The predicted octanol–water partition coefficient (Wildman–Crippen LogP) is 2.86. The molecule has 0 aromatic carbocycles. The second-order valence-corrected chi connectivity index (χ2v) is 5.04. The Morgan fingerprint density at radius 1 is 1.35 bits per heavy atom.